The van der Waals surface area contributed by atoms with Gasteiger partial charge >= 0.3 is 0 Å². The minimum atomic E-state index is 0.384. The molecule has 98 valence electrons. The van der Waals surface area contributed by atoms with Crippen LogP contribution in [0.25, 0.3) is 0 Å². The Bertz CT molecular complexity index is 327. The summed E-state index contributed by atoms with van der Waals surface area (Å²) in [6, 6.07) is 2.73. The molecule has 1 unspecified atom stereocenters. The first kappa shape index (κ1) is 15.2. The van der Waals surface area contributed by atoms with Crippen LogP contribution in [0.5, 0.6) is 0 Å². The molecule has 0 aliphatic rings. The Balaban J connectivity index is 2.60. The summed E-state index contributed by atoms with van der Waals surface area (Å²) in [5.41, 5.74) is 0.384. The molecule has 1 aromatic rings. The summed E-state index contributed by atoms with van der Waals surface area (Å²) in [6.07, 6.45) is 3.55. The second-order valence-corrected chi connectivity index (χ2v) is 7.67. The van der Waals surface area contributed by atoms with Gasteiger partial charge in [-0.25, -0.2) is 0 Å². The molecule has 3 heteroatoms. The first-order valence-corrected chi connectivity index (χ1v) is 8.05. The number of halogens is 1. The molecule has 0 fully saturated rings. The van der Waals surface area contributed by atoms with E-state index in [4.69, 9.17) is 0 Å². The van der Waals surface area contributed by atoms with Gasteiger partial charge < -0.3 is 5.32 Å². The Morgan fingerprint density at radius 1 is 1.41 bits per heavy atom. The Morgan fingerprint density at radius 3 is 2.59 bits per heavy atom. The van der Waals surface area contributed by atoms with Crippen LogP contribution in [0.2, 0.25) is 0 Å². The Morgan fingerprint density at radius 2 is 2.12 bits per heavy atom. The smallest absolute Gasteiger partial charge is 0.0314 e. The van der Waals surface area contributed by atoms with E-state index in [9.17, 15) is 0 Å². The van der Waals surface area contributed by atoms with E-state index in [2.05, 4.69) is 60.4 Å². The van der Waals surface area contributed by atoms with Gasteiger partial charge in [0.25, 0.3) is 0 Å². The van der Waals surface area contributed by atoms with Crippen LogP contribution in [0.3, 0.4) is 0 Å². The van der Waals surface area contributed by atoms with Gasteiger partial charge in [-0.15, -0.1) is 11.3 Å². The molecule has 0 amide bonds. The molecule has 1 heterocycles. The third kappa shape index (κ3) is 6.03. The van der Waals surface area contributed by atoms with E-state index in [1.807, 2.05) is 11.3 Å². The molecule has 0 saturated heterocycles. The molecule has 1 atom stereocenters. The normalized spacial score (nSPS) is 13.9. The fourth-order valence-electron chi connectivity index (χ4n) is 2.00. The lowest BCUT2D eigenvalue weighted by atomic mass is 9.86. The highest BCUT2D eigenvalue weighted by Gasteiger charge is 2.19. The highest BCUT2D eigenvalue weighted by molar-refractivity contribution is 9.10. The maximum Gasteiger partial charge on any atom is 0.0314 e. The minimum Gasteiger partial charge on any atom is -0.314 e. The van der Waals surface area contributed by atoms with Crippen LogP contribution >= 0.6 is 27.3 Å². The molecule has 0 aliphatic carbocycles. The van der Waals surface area contributed by atoms with Crippen LogP contribution < -0.4 is 5.32 Å². The van der Waals surface area contributed by atoms with Gasteiger partial charge in [-0.2, -0.15) is 0 Å². The molecule has 1 nitrogen and oxygen atoms in total. The molecule has 1 N–H and O–H groups in total. The minimum absolute atomic E-state index is 0.384. The highest BCUT2D eigenvalue weighted by atomic mass is 79.9. The van der Waals surface area contributed by atoms with E-state index < -0.39 is 0 Å². The summed E-state index contributed by atoms with van der Waals surface area (Å²) in [6.45, 7) is 10.3. The zero-order valence-corrected chi connectivity index (χ0v) is 13.7. The molecule has 0 radical (unpaired) electrons. The summed E-state index contributed by atoms with van der Waals surface area (Å²) in [4.78, 5) is 1.46. The summed E-state index contributed by atoms with van der Waals surface area (Å²) >= 11 is 5.48. The molecule has 0 aliphatic heterocycles. The van der Waals surface area contributed by atoms with E-state index in [1.165, 1.54) is 22.2 Å². The summed E-state index contributed by atoms with van der Waals surface area (Å²) in [5.74, 6) is 0. The number of thiophene rings is 1. The van der Waals surface area contributed by atoms with Crippen molar-refractivity contribution in [3.8, 4) is 0 Å². The van der Waals surface area contributed by atoms with Crippen LogP contribution in [0, 0.1) is 5.41 Å². The maximum absolute atomic E-state index is 3.68. The van der Waals surface area contributed by atoms with Crippen LogP contribution in [-0.2, 0) is 6.42 Å². The fourth-order valence-corrected chi connectivity index (χ4v) is 3.59. The SMILES string of the molecule is CCCNC(Cc1sccc1Br)CC(C)(C)C. The molecule has 1 aromatic heterocycles. The quantitative estimate of drug-likeness (QED) is 0.790. The van der Waals surface area contributed by atoms with Gasteiger partial charge in [-0.1, -0.05) is 27.7 Å². The van der Waals surface area contributed by atoms with E-state index in [0.29, 0.717) is 11.5 Å². The van der Waals surface area contributed by atoms with Crippen LogP contribution in [-0.4, -0.2) is 12.6 Å². The average Bonchev–Trinajstić information content (AvgIpc) is 2.59. The van der Waals surface area contributed by atoms with E-state index in [-0.39, 0.29) is 0 Å². The monoisotopic (exact) mass is 317 g/mol. The van der Waals surface area contributed by atoms with Crippen molar-refractivity contribution in [3.05, 3.63) is 20.8 Å². The summed E-state index contributed by atoms with van der Waals surface area (Å²) in [5, 5.41) is 5.84. The van der Waals surface area contributed by atoms with Gasteiger partial charge in [-0.05, 0) is 58.6 Å². The maximum atomic E-state index is 3.68. The van der Waals surface area contributed by atoms with Gasteiger partial charge in [0.05, 0.1) is 0 Å². The highest BCUT2D eigenvalue weighted by Crippen LogP contribution is 2.28. The van der Waals surface area contributed by atoms with E-state index >= 15 is 0 Å². The third-order valence-corrected chi connectivity index (χ3v) is 4.61. The van der Waals surface area contributed by atoms with Crippen LogP contribution in [0.1, 0.15) is 45.4 Å². The number of hydrogen-bond donors (Lipinski definition) is 1. The lowest BCUT2D eigenvalue weighted by Crippen LogP contribution is -2.35. The van der Waals surface area contributed by atoms with Gasteiger partial charge in [-0.3, -0.25) is 0 Å². The van der Waals surface area contributed by atoms with Crippen molar-refractivity contribution < 1.29 is 0 Å². The van der Waals surface area contributed by atoms with E-state index in [1.54, 1.807) is 0 Å². The van der Waals surface area contributed by atoms with Crippen molar-refractivity contribution in [3.63, 3.8) is 0 Å². The molecular formula is C14H24BrNS. The second kappa shape index (κ2) is 6.91. The molecule has 0 saturated carbocycles. The topological polar surface area (TPSA) is 12.0 Å². The zero-order valence-electron chi connectivity index (χ0n) is 11.3. The van der Waals surface area contributed by atoms with Crippen molar-refractivity contribution in [1.82, 2.24) is 5.32 Å². The lowest BCUT2D eigenvalue weighted by molar-refractivity contribution is 0.307. The van der Waals surface area contributed by atoms with Crippen molar-refractivity contribution in [1.29, 1.82) is 0 Å². The third-order valence-electron chi connectivity index (χ3n) is 2.66. The molecule has 1 rings (SSSR count). The van der Waals surface area contributed by atoms with Gasteiger partial charge in [0.1, 0.15) is 0 Å². The average molecular weight is 318 g/mol. The molecule has 17 heavy (non-hydrogen) atoms. The predicted molar refractivity (Wildman–Crippen MR) is 81.9 cm³/mol. The van der Waals surface area contributed by atoms with Crippen molar-refractivity contribution in [2.75, 3.05) is 6.54 Å². The van der Waals surface area contributed by atoms with Crippen molar-refractivity contribution in [2.24, 2.45) is 5.41 Å². The lowest BCUT2D eigenvalue weighted by Gasteiger charge is -2.26. The van der Waals surface area contributed by atoms with Crippen molar-refractivity contribution >= 4 is 27.3 Å². The van der Waals surface area contributed by atoms with Crippen molar-refractivity contribution in [2.45, 2.75) is 53.0 Å². The van der Waals surface area contributed by atoms with Gasteiger partial charge in [0.15, 0.2) is 0 Å². The molecule has 0 spiro atoms. The molecular weight excluding hydrogens is 294 g/mol. The van der Waals surface area contributed by atoms with Gasteiger partial charge in [0.2, 0.25) is 0 Å². The summed E-state index contributed by atoms with van der Waals surface area (Å²) in [7, 11) is 0. The predicted octanol–water partition coefficient (Wildman–Crippen LogP) is 4.86. The van der Waals surface area contributed by atoms with Gasteiger partial charge in [0, 0.05) is 15.4 Å². The van der Waals surface area contributed by atoms with E-state index in [0.717, 1.165) is 13.0 Å². The van der Waals surface area contributed by atoms with Crippen LogP contribution in [0.4, 0.5) is 0 Å². The standard InChI is InChI=1S/C14H24BrNS/c1-5-7-16-11(10-14(2,3)4)9-13-12(15)6-8-17-13/h6,8,11,16H,5,7,9-10H2,1-4H3. The Kier molecular flexibility index (Phi) is 6.18. The zero-order chi connectivity index (χ0) is 12.9. The largest absolute Gasteiger partial charge is 0.314 e. The van der Waals surface area contributed by atoms with Crippen LogP contribution in [0.15, 0.2) is 15.9 Å². The molecule has 0 aromatic carbocycles. The number of nitrogens with one attached hydrogen (secondary N) is 1. The number of hydrogen-bond acceptors (Lipinski definition) is 2. The Hall–Kier alpha value is 0.140. The fraction of sp³-hybridized carbons (Fsp3) is 0.714. The first-order chi connectivity index (χ1) is 7.92. The first-order valence-electron chi connectivity index (χ1n) is 6.37. The summed E-state index contributed by atoms with van der Waals surface area (Å²) < 4.78 is 1.26. The molecule has 0 bridgehead atoms. The number of rotatable bonds is 6. The second-order valence-electron chi connectivity index (χ2n) is 5.81. The Labute approximate surface area is 118 Å².